The van der Waals surface area contributed by atoms with Crippen molar-refractivity contribution in [3.05, 3.63) is 59.9 Å². The number of carbonyl (C=O) groups is 2. The summed E-state index contributed by atoms with van der Waals surface area (Å²) in [5.74, 6) is -1.47. The van der Waals surface area contributed by atoms with Crippen LogP contribution in [-0.4, -0.2) is 67.5 Å². The molecule has 1 aromatic heterocycles. The number of H-pyrrole nitrogens is 1. The first kappa shape index (κ1) is 20.9. The molecule has 3 aromatic rings. The number of aliphatic hydroxyl groups excluding tert-OH is 1. The fourth-order valence-corrected chi connectivity index (χ4v) is 2.78. The zero-order valence-electron chi connectivity index (χ0n) is 16.0. The average Bonchev–Trinajstić information content (AvgIpc) is 3.29. The smallest absolute Gasteiger partial charge is 0.333 e. The number of benzene rings is 2. The van der Waals surface area contributed by atoms with Crippen molar-refractivity contribution in [2.45, 2.75) is 12.6 Å². The highest BCUT2D eigenvalue weighted by Crippen LogP contribution is 2.29. The number of ether oxygens (including phenoxy) is 1. The molecule has 0 fully saturated rings. The normalized spacial score (nSPS) is 11.8. The highest BCUT2D eigenvalue weighted by Gasteiger charge is 2.21. The van der Waals surface area contributed by atoms with E-state index in [1.165, 1.54) is 5.01 Å². The van der Waals surface area contributed by atoms with Gasteiger partial charge in [0.2, 0.25) is 5.82 Å². The van der Waals surface area contributed by atoms with Crippen LogP contribution in [0.25, 0.3) is 11.1 Å². The Hall–Kier alpha value is -3.83. The van der Waals surface area contributed by atoms with E-state index < -0.39 is 18.0 Å². The number of carboxylic acids is 1. The molecule has 1 unspecified atom stereocenters. The number of amides is 1. The van der Waals surface area contributed by atoms with E-state index in [2.05, 4.69) is 26.0 Å². The molecule has 11 nitrogen and oxygen atoms in total. The van der Waals surface area contributed by atoms with Gasteiger partial charge in [0, 0.05) is 12.1 Å². The van der Waals surface area contributed by atoms with E-state index in [-0.39, 0.29) is 18.9 Å². The van der Waals surface area contributed by atoms with Gasteiger partial charge in [-0.15, -0.1) is 5.10 Å². The third-order valence-electron chi connectivity index (χ3n) is 4.24. The number of nitrogens with zero attached hydrogens (tertiary/aromatic N) is 4. The summed E-state index contributed by atoms with van der Waals surface area (Å²) in [6.07, 6.45) is -1.69. The van der Waals surface area contributed by atoms with E-state index in [1.54, 1.807) is 7.11 Å². The highest BCUT2D eigenvalue weighted by atomic mass is 16.5. The van der Waals surface area contributed by atoms with Crippen LogP contribution in [-0.2, 0) is 11.3 Å². The SMILES string of the molecule is COc1ccccc1-c1ccc(CN(CC(O)C(=O)O)NC(=O)c2nnn[nH]2)cc1. The third kappa shape index (κ3) is 5.16. The second-order valence-electron chi connectivity index (χ2n) is 6.32. The lowest BCUT2D eigenvalue weighted by Crippen LogP contribution is -2.47. The van der Waals surface area contributed by atoms with Crippen molar-refractivity contribution in [3.8, 4) is 16.9 Å². The van der Waals surface area contributed by atoms with Gasteiger partial charge in [-0.05, 0) is 27.6 Å². The van der Waals surface area contributed by atoms with Gasteiger partial charge in [0.25, 0.3) is 0 Å². The highest BCUT2D eigenvalue weighted by molar-refractivity contribution is 5.89. The number of tetrazole rings is 1. The van der Waals surface area contributed by atoms with Crippen LogP contribution >= 0.6 is 0 Å². The number of aromatic nitrogens is 4. The predicted molar refractivity (Wildman–Crippen MR) is 104 cm³/mol. The fraction of sp³-hybridized carbons (Fsp3) is 0.211. The molecule has 30 heavy (non-hydrogen) atoms. The summed E-state index contributed by atoms with van der Waals surface area (Å²) in [4.78, 5) is 23.2. The molecular weight excluding hydrogens is 392 g/mol. The summed E-state index contributed by atoms with van der Waals surface area (Å²) in [5, 5.41) is 32.4. The van der Waals surface area contributed by atoms with Crippen molar-refractivity contribution >= 4 is 11.9 Å². The van der Waals surface area contributed by atoms with Gasteiger partial charge in [-0.1, -0.05) is 42.5 Å². The monoisotopic (exact) mass is 412 g/mol. The number of aliphatic hydroxyl groups is 1. The van der Waals surface area contributed by atoms with Crippen LogP contribution in [0.3, 0.4) is 0 Å². The Bertz CT molecular complexity index is 993. The molecule has 1 amide bonds. The largest absolute Gasteiger partial charge is 0.496 e. The standard InChI is InChI=1S/C19H20N6O5/c1-30-16-5-3-2-4-14(16)13-8-6-12(7-9-13)10-25(11-15(26)19(28)29)22-18(27)17-20-23-24-21-17/h2-9,15,26H,10-11H2,1H3,(H,22,27)(H,28,29)(H,20,21,23,24). The molecule has 11 heteroatoms. The number of nitrogens with one attached hydrogen (secondary N) is 2. The van der Waals surface area contributed by atoms with Crippen LogP contribution in [0.15, 0.2) is 48.5 Å². The molecule has 0 saturated carbocycles. The van der Waals surface area contributed by atoms with Crippen LogP contribution in [0.2, 0.25) is 0 Å². The number of carbonyl (C=O) groups excluding carboxylic acids is 1. The predicted octanol–water partition coefficient (Wildman–Crippen LogP) is 0.468. The molecule has 1 heterocycles. The van der Waals surface area contributed by atoms with Gasteiger partial charge in [0.15, 0.2) is 6.10 Å². The summed E-state index contributed by atoms with van der Waals surface area (Å²) in [6.45, 7) is -0.194. The number of aliphatic carboxylic acids is 1. The van der Waals surface area contributed by atoms with Gasteiger partial charge in [-0.25, -0.2) is 14.9 Å². The van der Waals surface area contributed by atoms with Crippen molar-refractivity contribution in [2.75, 3.05) is 13.7 Å². The van der Waals surface area contributed by atoms with Gasteiger partial charge >= 0.3 is 11.9 Å². The molecule has 2 aromatic carbocycles. The fourth-order valence-electron chi connectivity index (χ4n) is 2.78. The lowest BCUT2D eigenvalue weighted by atomic mass is 10.0. The van der Waals surface area contributed by atoms with Crippen molar-refractivity contribution in [1.29, 1.82) is 0 Å². The van der Waals surface area contributed by atoms with Crippen molar-refractivity contribution in [3.63, 3.8) is 0 Å². The van der Waals surface area contributed by atoms with E-state index in [0.29, 0.717) is 0 Å². The maximum absolute atomic E-state index is 12.2. The minimum absolute atomic E-state index is 0.142. The lowest BCUT2D eigenvalue weighted by Gasteiger charge is -2.24. The molecule has 0 radical (unpaired) electrons. The molecule has 4 N–H and O–H groups in total. The summed E-state index contributed by atoms with van der Waals surface area (Å²) >= 11 is 0. The molecule has 0 aliphatic carbocycles. The molecule has 0 bridgehead atoms. The minimum atomic E-state index is -1.69. The number of carboxylic acid groups (broad SMARTS) is 1. The molecule has 1 atom stereocenters. The van der Waals surface area contributed by atoms with E-state index in [9.17, 15) is 14.7 Å². The topological polar surface area (TPSA) is 154 Å². The number of aromatic amines is 1. The number of para-hydroxylation sites is 1. The van der Waals surface area contributed by atoms with Crippen LogP contribution in [0.4, 0.5) is 0 Å². The molecular formula is C19H20N6O5. The Balaban J connectivity index is 1.76. The van der Waals surface area contributed by atoms with Gasteiger partial charge in [0.05, 0.1) is 13.7 Å². The summed E-state index contributed by atoms with van der Waals surface area (Å²) in [6, 6.07) is 15.1. The van der Waals surface area contributed by atoms with Crippen molar-refractivity contribution < 1.29 is 24.5 Å². The third-order valence-corrected chi connectivity index (χ3v) is 4.24. The first-order chi connectivity index (χ1) is 14.5. The van der Waals surface area contributed by atoms with Gasteiger partial charge in [-0.3, -0.25) is 10.2 Å². The molecule has 0 spiro atoms. The summed E-state index contributed by atoms with van der Waals surface area (Å²) < 4.78 is 5.38. The number of hydrogen-bond acceptors (Lipinski definition) is 8. The maximum atomic E-state index is 12.2. The maximum Gasteiger partial charge on any atom is 0.333 e. The Labute approximate surface area is 171 Å². The van der Waals surface area contributed by atoms with Gasteiger partial charge in [-0.2, -0.15) is 0 Å². The van der Waals surface area contributed by atoms with Crippen molar-refractivity contribution in [1.82, 2.24) is 31.1 Å². The number of methoxy groups -OCH3 is 1. The molecule has 0 aliphatic heterocycles. The second-order valence-corrected chi connectivity index (χ2v) is 6.32. The Kier molecular flexibility index (Phi) is 6.67. The van der Waals surface area contributed by atoms with Crippen LogP contribution < -0.4 is 10.2 Å². The van der Waals surface area contributed by atoms with Crippen LogP contribution in [0.5, 0.6) is 5.75 Å². The van der Waals surface area contributed by atoms with Crippen LogP contribution in [0.1, 0.15) is 16.2 Å². The van der Waals surface area contributed by atoms with E-state index >= 15 is 0 Å². The first-order valence-electron chi connectivity index (χ1n) is 8.90. The number of hydrazine groups is 1. The molecule has 3 rings (SSSR count). The second kappa shape index (κ2) is 9.58. The van der Waals surface area contributed by atoms with E-state index in [1.807, 2.05) is 48.5 Å². The number of rotatable bonds is 9. The van der Waals surface area contributed by atoms with E-state index in [0.717, 1.165) is 22.4 Å². The first-order valence-corrected chi connectivity index (χ1v) is 8.90. The number of hydrogen-bond donors (Lipinski definition) is 4. The Morgan fingerprint density at radius 2 is 1.93 bits per heavy atom. The lowest BCUT2D eigenvalue weighted by molar-refractivity contribution is -0.148. The average molecular weight is 412 g/mol. The molecule has 0 saturated heterocycles. The van der Waals surface area contributed by atoms with E-state index in [4.69, 9.17) is 9.84 Å². The zero-order valence-corrected chi connectivity index (χ0v) is 16.0. The van der Waals surface area contributed by atoms with Crippen LogP contribution in [0, 0.1) is 0 Å². The molecule has 156 valence electrons. The summed E-state index contributed by atoms with van der Waals surface area (Å²) in [5.41, 5.74) is 5.14. The quantitative estimate of drug-likeness (QED) is 0.367. The molecule has 0 aliphatic rings. The van der Waals surface area contributed by atoms with Gasteiger partial charge < -0.3 is 14.9 Å². The van der Waals surface area contributed by atoms with Gasteiger partial charge in [0.1, 0.15) is 5.75 Å². The Morgan fingerprint density at radius 3 is 2.57 bits per heavy atom. The van der Waals surface area contributed by atoms with Crippen molar-refractivity contribution in [2.24, 2.45) is 0 Å². The summed E-state index contributed by atoms with van der Waals surface area (Å²) in [7, 11) is 1.60. The minimum Gasteiger partial charge on any atom is -0.496 e. The Morgan fingerprint density at radius 1 is 1.20 bits per heavy atom. The zero-order chi connectivity index (χ0) is 21.5.